The molecule has 1 amide bonds. The highest BCUT2D eigenvalue weighted by atomic mass is 16.5. The summed E-state index contributed by atoms with van der Waals surface area (Å²) in [6, 6.07) is 9.97. The molecule has 0 spiro atoms. The Kier molecular flexibility index (Phi) is 4.79. The molecule has 7 nitrogen and oxygen atoms in total. The second kappa shape index (κ2) is 7.03. The molecule has 1 aliphatic rings. The predicted molar refractivity (Wildman–Crippen MR) is 94.4 cm³/mol. The van der Waals surface area contributed by atoms with Crippen LogP contribution in [0, 0.1) is 6.92 Å². The number of hydrogen-bond donors (Lipinski definition) is 2. The summed E-state index contributed by atoms with van der Waals surface area (Å²) < 4.78 is 5.82. The molecule has 1 fully saturated rings. The zero-order valence-electron chi connectivity index (χ0n) is 14.4. The summed E-state index contributed by atoms with van der Waals surface area (Å²) in [7, 11) is 0. The van der Waals surface area contributed by atoms with Gasteiger partial charge in [-0.2, -0.15) is 0 Å². The van der Waals surface area contributed by atoms with E-state index in [1.165, 1.54) is 18.3 Å². The SMILES string of the molecule is Cc1ccc(OC2(C(=O)O)CCN(C(=O)c3ccc(=O)[nH]c3)CC2)cc1. The van der Waals surface area contributed by atoms with Crippen molar-refractivity contribution in [3.63, 3.8) is 0 Å². The van der Waals surface area contributed by atoms with Crippen molar-refractivity contribution in [3.8, 4) is 5.75 Å². The molecule has 136 valence electrons. The molecule has 2 N–H and O–H groups in total. The van der Waals surface area contributed by atoms with E-state index < -0.39 is 11.6 Å². The van der Waals surface area contributed by atoms with Crippen molar-refractivity contribution >= 4 is 11.9 Å². The molecule has 1 aromatic heterocycles. The first-order valence-corrected chi connectivity index (χ1v) is 8.37. The molecule has 0 radical (unpaired) electrons. The lowest BCUT2D eigenvalue weighted by Gasteiger charge is -2.38. The van der Waals surface area contributed by atoms with Crippen molar-refractivity contribution in [2.75, 3.05) is 13.1 Å². The fraction of sp³-hybridized carbons (Fsp3) is 0.316. The lowest BCUT2D eigenvalue weighted by Crippen LogP contribution is -2.54. The summed E-state index contributed by atoms with van der Waals surface area (Å²) in [5.41, 5.74) is -0.205. The van der Waals surface area contributed by atoms with E-state index in [2.05, 4.69) is 4.98 Å². The first-order chi connectivity index (χ1) is 12.4. The number of piperidine rings is 1. The van der Waals surface area contributed by atoms with Gasteiger partial charge >= 0.3 is 5.97 Å². The number of H-pyrrole nitrogens is 1. The standard InChI is InChI=1S/C19H20N2O5/c1-13-2-5-15(6-3-13)26-19(18(24)25)8-10-21(11-9-19)17(23)14-4-7-16(22)20-12-14/h2-7,12H,8-11H2,1H3,(H,20,22)(H,24,25). The summed E-state index contributed by atoms with van der Waals surface area (Å²) in [5.74, 6) is -0.775. The molecule has 0 bridgehead atoms. The van der Waals surface area contributed by atoms with Crippen molar-refractivity contribution in [1.82, 2.24) is 9.88 Å². The predicted octanol–water partition coefficient (Wildman–Crippen LogP) is 1.82. The topological polar surface area (TPSA) is 99.7 Å². The number of pyridine rings is 1. The van der Waals surface area contributed by atoms with Crippen LogP contribution in [0.5, 0.6) is 5.75 Å². The van der Waals surface area contributed by atoms with E-state index in [0.29, 0.717) is 11.3 Å². The van der Waals surface area contributed by atoms with Crippen LogP contribution in [0.25, 0.3) is 0 Å². The highest BCUT2D eigenvalue weighted by molar-refractivity contribution is 5.94. The number of carbonyl (C=O) groups is 2. The molecule has 0 saturated carbocycles. The number of ether oxygens (including phenoxy) is 1. The summed E-state index contributed by atoms with van der Waals surface area (Å²) in [6.07, 6.45) is 1.74. The Balaban J connectivity index is 1.71. The van der Waals surface area contributed by atoms with Gasteiger partial charge in [-0.05, 0) is 25.1 Å². The van der Waals surface area contributed by atoms with E-state index in [0.717, 1.165) is 5.56 Å². The number of carboxylic acids is 1. The smallest absolute Gasteiger partial charge is 0.348 e. The largest absolute Gasteiger partial charge is 0.478 e. The third-order valence-corrected chi connectivity index (χ3v) is 4.61. The summed E-state index contributed by atoms with van der Waals surface area (Å²) in [4.78, 5) is 39.5. The number of likely N-dealkylation sites (tertiary alicyclic amines) is 1. The van der Waals surface area contributed by atoms with Crippen LogP contribution in [0.3, 0.4) is 0 Å². The van der Waals surface area contributed by atoms with Crippen LogP contribution in [0.4, 0.5) is 0 Å². The molecule has 3 rings (SSSR count). The molecular weight excluding hydrogens is 336 g/mol. The summed E-state index contributed by atoms with van der Waals surface area (Å²) >= 11 is 0. The number of aryl methyl sites for hydroxylation is 1. The number of aliphatic carboxylic acids is 1. The van der Waals surface area contributed by atoms with Crippen molar-refractivity contribution in [2.45, 2.75) is 25.4 Å². The number of aromatic nitrogens is 1. The highest BCUT2D eigenvalue weighted by Gasteiger charge is 2.45. The number of benzene rings is 1. The number of amides is 1. The van der Waals surface area contributed by atoms with Gasteiger partial charge in [-0.15, -0.1) is 0 Å². The van der Waals surface area contributed by atoms with Crippen molar-refractivity contribution in [3.05, 3.63) is 64.1 Å². The maximum absolute atomic E-state index is 12.5. The second-order valence-electron chi connectivity index (χ2n) is 6.45. The molecule has 1 aliphatic heterocycles. The average molecular weight is 356 g/mol. The Labute approximate surface area is 150 Å². The van der Waals surface area contributed by atoms with Gasteiger partial charge in [0, 0.05) is 38.2 Å². The molecule has 0 atom stereocenters. The molecule has 2 heterocycles. The number of hydrogen-bond acceptors (Lipinski definition) is 4. The van der Waals surface area contributed by atoms with Crippen LogP contribution in [0.2, 0.25) is 0 Å². The van der Waals surface area contributed by atoms with Crippen molar-refractivity contribution in [1.29, 1.82) is 0 Å². The number of carboxylic acid groups (broad SMARTS) is 1. The fourth-order valence-electron chi connectivity index (χ4n) is 2.99. The van der Waals surface area contributed by atoms with Crippen molar-refractivity contribution < 1.29 is 19.4 Å². The molecule has 2 aromatic rings. The number of carbonyl (C=O) groups excluding carboxylic acids is 1. The highest BCUT2D eigenvalue weighted by Crippen LogP contribution is 2.30. The van der Waals surface area contributed by atoms with Gasteiger partial charge in [-0.1, -0.05) is 17.7 Å². The molecule has 1 saturated heterocycles. The Morgan fingerprint density at radius 2 is 1.77 bits per heavy atom. The van der Waals surface area contributed by atoms with Crippen LogP contribution in [0.1, 0.15) is 28.8 Å². The van der Waals surface area contributed by atoms with Gasteiger partial charge in [0.15, 0.2) is 0 Å². The van der Waals surface area contributed by atoms with Crippen LogP contribution < -0.4 is 10.3 Å². The molecule has 26 heavy (non-hydrogen) atoms. The quantitative estimate of drug-likeness (QED) is 0.870. The van der Waals surface area contributed by atoms with Gasteiger partial charge in [0.25, 0.3) is 5.91 Å². The van der Waals surface area contributed by atoms with E-state index >= 15 is 0 Å². The molecule has 7 heteroatoms. The maximum Gasteiger partial charge on any atom is 0.348 e. The zero-order valence-corrected chi connectivity index (χ0v) is 14.4. The Hall–Kier alpha value is -3.09. The van der Waals surface area contributed by atoms with Crippen LogP contribution in [-0.2, 0) is 4.79 Å². The van der Waals surface area contributed by atoms with Gasteiger partial charge in [-0.25, -0.2) is 4.79 Å². The third-order valence-electron chi connectivity index (χ3n) is 4.61. The lowest BCUT2D eigenvalue weighted by molar-refractivity contribution is -0.159. The van der Waals surface area contributed by atoms with E-state index in [1.807, 2.05) is 19.1 Å². The van der Waals surface area contributed by atoms with Gasteiger partial charge in [0.2, 0.25) is 11.2 Å². The monoisotopic (exact) mass is 356 g/mol. The normalized spacial score (nSPS) is 16.1. The number of nitrogens with one attached hydrogen (secondary N) is 1. The molecule has 0 aliphatic carbocycles. The maximum atomic E-state index is 12.5. The minimum absolute atomic E-state index is 0.186. The number of aromatic amines is 1. The second-order valence-corrected chi connectivity index (χ2v) is 6.45. The van der Waals surface area contributed by atoms with Gasteiger partial charge in [0.1, 0.15) is 5.75 Å². The van der Waals surface area contributed by atoms with Gasteiger partial charge < -0.3 is 19.7 Å². The zero-order chi connectivity index (χ0) is 18.7. The van der Waals surface area contributed by atoms with E-state index in [1.54, 1.807) is 17.0 Å². The van der Waals surface area contributed by atoms with E-state index in [4.69, 9.17) is 4.74 Å². The minimum atomic E-state index is -1.35. The van der Waals surface area contributed by atoms with Crippen molar-refractivity contribution in [2.24, 2.45) is 0 Å². The molecule has 1 aromatic carbocycles. The molecule has 0 unspecified atom stereocenters. The number of nitrogens with zero attached hydrogens (tertiary/aromatic N) is 1. The average Bonchev–Trinajstić information content (AvgIpc) is 2.64. The van der Waals surface area contributed by atoms with E-state index in [-0.39, 0.29) is 37.4 Å². The van der Waals surface area contributed by atoms with Crippen LogP contribution in [0.15, 0.2) is 47.4 Å². The first-order valence-electron chi connectivity index (χ1n) is 8.37. The van der Waals surface area contributed by atoms with Crippen LogP contribution in [-0.4, -0.2) is 45.6 Å². The fourth-order valence-corrected chi connectivity index (χ4v) is 2.99. The summed E-state index contributed by atoms with van der Waals surface area (Å²) in [5, 5.41) is 9.71. The number of rotatable bonds is 4. The third kappa shape index (κ3) is 3.61. The Morgan fingerprint density at radius 3 is 2.31 bits per heavy atom. The van der Waals surface area contributed by atoms with Crippen LogP contribution >= 0.6 is 0 Å². The van der Waals surface area contributed by atoms with E-state index in [9.17, 15) is 19.5 Å². The minimum Gasteiger partial charge on any atom is -0.478 e. The Morgan fingerprint density at radius 1 is 1.12 bits per heavy atom. The van der Waals surface area contributed by atoms with Gasteiger partial charge in [0.05, 0.1) is 5.56 Å². The summed E-state index contributed by atoms with van der Waals surface area (Å²) in [6.45, 7) is 2.46. The Bertz CT molecular complexity index is 844. The first kappa shape index (κ1) is 17.7. The molecular formula is C19H20N2O5. The lowest BCUT2D eigenvalue weighted by atomic mass is 9.90. The van der Waals surface area contributed by atoms with Gasteiger partial charge in [-0.3, -0.25) is 9.59 Å².